The van der Waals surface area contributed by atoms with Gasteiger partial charge in [-0.1, -0.05) is 21.1 Å². The van der Waals surface area contributed by atoms with Gasteiger partial charge in [-0.15, -0.1) is 0 Å². The number of alkyl halides is 1. The Morgan fingerprint density at radius 1 is 1.29 bits per heavy atom. The van der Waals surface area contributed by atoms with Crippen LogP contribution in [-0.2, 0) is 4.84 Å². The normalized spacial score (nSPS) is 52.7. The number of halogens is 1. The summed E-state index contributed by atoms with van der Waals surface area (Å²) in [6.45, 7) is 0. The minimum atomic E-state index is 0.671. The van der Waals surface area contributed by atoms with Gasteiger partial charge in [-0.05, 0) is 37.5 Å². The second-order valence-corrected chi connectivity index (χ2v) is 6.07. The fourth-order valence-corrected chi connectivity index (χ4v) is 4.75. The summed E-state index contributed by atoms with van der Waals surface area (Å²) in [5.41, 5.74) is 1.35. The Hall–Kier alpha value is -0.0500. The van der Waals surface area contributed by atoms with E-state index in [2.05, 4.69) is 21.1 Å². The minimum Gasteiger partial charge on any atom is -0.399 e. The van der Waals surface area contributed by atoms with Crippen LogP contribution in [0.1, 0.15) is 25.7 Å². The molecular weight excluding hydrogens is 242 g/mol. The number of rotatable bonds is 1. The van der Waals surface area contributed by atoms with E-state index in [1.165, 1.54) is 31.4 Å². The zero-order valence-electron chi connectivity index (χ0n) is 8.45. The van der Waals surface area contributed by atoms with Gasteiger partial charge in [0.1, 0.15) is 7.11 Å². The Balaban J connectivity index is 1.93. The van der Waals surface area contributed by atoms with E-state index in [9.17, 15) is 0 Å². The standard InChI is InChI=1S/C11H16BrNO/c1-14-13-11-8-3-6-2-7(5-8)10(12)9(11)4-6/h6-10H,2-5H2,1H3/b13-11+/t6?,7?,8?,9?,10-/m0/s1. The summed E-state index contributed by atoms with van der Waals surface area (Å²) in [6, 6.07) is 0. The highest BCUT2D eigenvalue weighted by Crippen LogP contribution is 2.54. The second-order valence-electron chi connectivity index (χ2n) is 5.02. The maximum atomic E-state index is 4.98. The van der Waals surface area contributed by atoms with Gasteiger partial charge in [0.05, 0.1) is 5.71 Å². The SMILES string of the molecule is CO/N=C1\C2CC3CC(C2)[C@H](Br)C1C3. The summed E-state index contributed by atoms with van der Waals surface area (Å²) in [5, 5.41) is 4.26. The van der Waals surface area contributed by atoms with E-state index >= 15 is 0 Å². The van der Waals surface area contributed by atoms with E-state index in [1.807, 2.05) is 0 Å². The molecule has 4 unspecified atom stereocenters. The second kappa shape index (κ2) is 3.22. The van der Waals surface area contributed by atoms with Crippen molar-refractivity contribution < 1.29 is 4.84 Å². The summed E-state index contributed by atoms with van der Waals surface area (Å²) in [5.74, 6) is 3.30. The van der Waals surface area contributed by atoms with E-state index in [0.29, 0.717) is 10.7 Å². The fraction of sp³-hybridized carbons (Fsp3) is 0.909. The van der Waals surface area contributed by atoms with Crippen LogP contribution in [0.4, 0.5) is 0 Å². The van der Waals surface area contributed by atoms with Crippen molar-refractivity contribution in [3.8, 4) is 0 Å². The topological polar surface area (TPSA) is 21.6 Å². The number of hydrogen-bond acceptors (Lipinski definition) is 2. The van der Waals surface area contributed by atoms with Crippen LogP contribution < -0.4 is 0 Å². The van der Waals surface area contributed by atoms with Crippen LogP contribution >= 0.6 is 15.9 Å². The molecular formula is C11H16BrNO. The molecule has 0 aromatic carbocycles. The van der Waals surface area contributed by atoms with Crippen molar-refractivity contribution in [2.24, 2.45) is 28.8 Å². The van der Waals surface area contributed by atoms with Crippen LogP contribution in [0.25, 0.3) is 0 Å². The van der Waals surface area contributed by atoms with Crippen molar-refractivity contribution >= 4 is 21.6 Å². The smallest absolute Gasteiger partial charge is 0.106 e. The van der Waals surface area contributed by atoms with E-state index < -0.39 is 0 Å². The van der Waals surface area contributed by atoms with Gasteiger partial charge >= 0.3 is 0 Å². The number of hydrogen-bond donors (Lipinski definition) is 0. The monoisotopic (exact) mass is 257 g/mol. The van der Waals surface area contributed by atoms with Gasteiger partial charge in [-0.25, -0.2) is 0 Å². The lowest BCUT2D eigenvalue weighted by Crippen LogP contribution is -2.51. The first-order valence-electron chi connectivity index (χ1n) is 5.54. The van der Waals surface area contributed by atoms with Crippen LogP contribution in [0.5, 0.6) is 0 Å². The molecule has 0 aromatic heterocycles. The molecule has 14 heavy (non-hydrogen) atoms. The van der Waals surface area contributed by atoms with Crippen molar-refractivity contribution in [2.45, 2.75) is 30.5 Å². The molecule has 0 spiro atoms. The third-order valence-electron chi connectivity index (χ3n) is 4.26. The third-order valence-corrected chi connectivity index (χ3v) is 5.64. The van der Waals surface area contributed by atoms with Gasteiger partial charge in [0, 0.05) is 16.7 Å². The Kier molecular flexibility index (Phi) is 2.12. The van der Waals surface area contributed by atoms with Crippen molar-refractivity contribution in [2.75, 3.05) is 7.11 Å². The van der Waals surface area contributed by atoms with Gasteiger partial charge < -0.3 is 4.84 Å². The van der Waals surface area contributed by atoms with Crippen LogP contribution in [0.2, 0.25) is 0 Å². The first kappa shape index (κ1) is 9.20. The predicted molar refractivity (Wildman–Crippen MR) is 59.6 cm³/mol. The van der Waals surface area contributed by atoms with Crippen LogP contribution in [-0.4, -0.2) is 17.6 Å². The number of nitrogens with zero attached hydrogens (tertiary/aromatic N) is 1. The number of oxime groups is 1. The van der Waals surface area contributed by atoms with Crippen LogP contribution in [0, 0.1) is 23.7 Å². The molecule has 5 atom stereocenters. The summed E-state index contributed by atoms with van der Waals surface area (Å²) in [4.78, 5) is 5.65. The Morgan fingerprint density at radius 3 is 2.93 bits per heavy atom. The zero-order valence-corrected chi connectivity index (χ0v) is 10.0. The zero-order chi connectivity index (χ0) is 9.71. The lowest BCUT2D eigenvalue weighted by atomic mass is 9.55. The van der Waals surface area contributed by atoms with Gasteiger partial charge in [0.25, 0.3) is 0 Å². The molecule has 4 rings (SSSR count). The lowest BCUT2D eigenvalue weighted by molar-refractivity contribution is 0.107. The molecule has 4 aliphatic rings. The minimum absolute atomic E-state index is 0.671. The molecule has 0 aromatic rings. The highest BCUT2D eigenvalue weighted by molar-refractivity contribution is 9.09. The average Bonchev–Trinajstić information content (AvgIpc) is 2.18. The molecule has 2 nitrogen and oxygen atoms in total. The van der Waals surface area contributed by atoms with Gasteiger partial charge in [-0.3, -0.25) is 0 Å². The first-order chi connectivity index (χ1) is 6.79. The van der Waals surface area contributed by atoms with Gasteiger partial charge in [0.2, 0.25) is 0 Å². The summed E-state index contributed by atoms with van der Waals surface area (Å²) < 4.78 is 0. The summed E-state index contributed by atoms with van der Waals surface area (Å²) in [6.07, 6.45) is 5.49. The molecule has 78 valence electrons. The molecule has 0 heterocycles. The highest BCUT2D eigenvalue weighted by atomic mass is 79.9. The fourth-order valence-electron chi connectivity index (χ4n) is 3.83. The van der Waals surface area contributed by atoms with E-state index in [-0.39, 0.29) is 0 Å². The Labute approximate surface area is 93.2 Å². The Morgan fingerprint density at radius 2 is 2.14 bits per heavy atom. The van der Waals surface area contributed by atoms with Gasteiger partial charge in [0.15, 0.2) is 0 Å². The lowest BCUT2D eigenvalue weighted by Gasteiger charge is -2.52. The molecule has 3 heteroatoms. The quantitative estimate of drug-likeness (QED) is 0.523. The molecule has 4 aliphatic carbocycles. The third kappa shape index (κ3) is 1.17. The molecule has 0 amide bonds. The van der Waals surface area contributed by atoms with Crippen LogP contribution in [0.3, 0.4) is 0 Å². The maximum absolute atomic E-state index is 4.98. The predicted octanol–water partition coefficient (Wildman–Crippen LogP) is 2.82. The van der Waals surface area contributed by atoms with Crippen molar-refractivity contribution in [1.82, 2.24) is 0 Å². The first-order valence-corrected chi connectivity index (χ1v) is 6.46. The van der Waals surface area contributed by atoms with Crippen LogP contribution in [0.15, 0.2) is 5.16 Å². The highest BCUT2D eigenvalue weighted by Gasteiger charge is 2.51. The van der Waals surface area contributed by atoms with Crippen molar-refractivity contribution in [1.29, 1.82) is 0 Å². The molecule has 4 bridgehead atoms. The summed E-state index contributed by atoms with van der Waals surface area (Å²) in [7, 11) is 1.67. The van der Waals surface area contributed by atoms with E-state index in [4.69, 9.17) is 4.84 Å². The molecule has 4 fully saturated rings. The largest absolute Gasteiger partial charge is 0.399 e. The Bertz CT molecular complexity index is 278. The van der Waals surface area contributed by atoms with Crippen molar-refractivity contribution in [3.05, 3.63) is 0 Å². The van der Waals surface area contributed by atoms with Gasteiger partial charge in [-0.2, -0.15) is 0 Å². The molecule has 0 N–H and O–H groups in total. The molecule has 4 saturated carbocycles. The summed E-state index contributed by atoms with van der Waals surface area (Å²) >= 11 is 3.85. The average molecular weight is 258 g/mol. The molecule has 0 aliphatic heterocycles. The molecule has 0 radical (unpaired) electrons. The van der Waals surface area contributed by atoms with E-state index in [0.717, 1.165) is 17.8 Å². The van der Waals surface area contributed by atoms with E-state index in [1.54, 1.807) is 7.11 Å². The van der Waals surface area contributed by atoms with Crippen molar-refractivity contribution in [3.63, 3.8) is 0 Å². The maximum Gasteiger partial charge on any atom is 0.106 e. The molecule has 0 saturated heterocycles.